The van der Waals surface area contributed by atoms with Gasteiger partial charge in [-0.1, -0.05) is 0 Å². The van der Waals surface area contributed by atoms with Gasteiger partial charge < -0.3 is 0 Å². The molecule has 0 saturated heterocycles. The van der Waals surface area contributed by atoms with Gasteiger partial charge in [0.15, 0.2) is 0 Å². The molecule has 0 saturated carbocycles. The molecule has 0 spiro atoms. The van der Waals surface area contributed by atoms with Crippen LogP contribution < -0.4 is 0 Å². The van der Waals surface area contributed by atoms with Crippen molar-refractivity contribution >= 4 is 26.7 Å². The molecule has 66 valence electrons. The summed E-state index contributed by atoms with van der Waals surface area (Å²) in [5.74, 6) is -0.274. The fraction of sp³-hybridized carbons (Fsp3) is 0.111. The van der Waals surface area contributed by atoms with Crippen LogP contribution in [0.25, 0.3) is 10.8 Å². The van der Waals surface area contributed by atoms with Crippen molar-refractivity contribution in [3.8, 4) is 0 Å². The Hall–Kier alpha value is -1.03. The zero-order valence-electron chi connectivity index (χ0n) is 6.88. The minimum atomic E-state index is -0.274. The fourth-order valence-corrected chi connectivity index (χ4v) is 1.57. The first-order valence-corrected chi connectivity index (χ1v) is 4.55. The van der Waals surface area contributed by atoms with Gasteiger partial charge in [-0.2, -0.15) is 10.2 Å². The van der Waals surface area contributed by atoms with Crippen molar-refractivity contribution in [1.29, 1.82) is 0 Å². The van der Waals surface area contributed by atoms with E-state index in [2.05, 4.69) is 26.1 Å². The Morgan fingerprint density at radius 2 is 2.15 bits per heavy atom. The largest absolute Gasteiger partial charge is 0.206 e. The van der Waals surface area contributed by atoms with Gasteiger partial charge in [-0.3, -0.25) is 0 Å². The van der Waals surface area contributed by atoms with Gasteiger partial charge in [-0.05, 0) is 35.0 Å². The molecule has 0 aliphatic carbocycles. The van der Waals surface area contributed by atoms with Crippen LogP contribution in [0.4, 0.5) is 4.39 Å². The lowest BCUT2D eigenvalue weighted by Gasteiger charge is -2.01. The number of hydrogen-bond donors (Lipinski definition) is 0. The van der Waals surface area contributed by atoms with Crippen LogP contribution in [-0.2, 0) is 0 Å². The van der Waals surface area contributed by atoms with Crippen molar-refractivity contribution in [1.82, 2.24) is 10.2 Å². The molecule has 1 aromatic carbocycles. The number of nitrogens with zero attached hydrogens (tertiary/aromatic N) is 2. The Labute approximate surface area is 82.9 Å². The van der Waals surface area contributed by atoms with E-state index in [1.807, 2.05) is 6.92 Å². The summed E-state index contributed by atoms with van der Waals surface area (Å²) >= 11 is 3.12. The molecule has 4 heteroatoms. The number of benzene rings is 1. The Kier molecular flexibility index (Phi) is 2.00. The van der Waals surface area contributed by atoms with E-state index in [0.29, 0.717) is 4.47 Å². The summed E-state index contributed by atoms with van der Waals surface area (Å²) in [5, 5.41) is 9.33. The van der Waals surface area contributed by atoms with Crippen molar-refractivity contribution in [2.24, 2.45) is 0 Å². The minimum absolute atomic E-state index is 0.274. The smallest absolute Gasteiger partial charge is 0.138 e. The summed E-state index contributed by atoms with van der Waals surface area (Å²) in [7, 11) is 0. The van der Waals surface area contributed by atoms with Crippen LogP contribution >= 0.6 is 15.9 Å². The first-order valence-electron chi connectivity index (χ1n) is 3.75. The molecule has 0 N–H and O–H groups in total. The average Bonchev–Trinajstić information content (AvgIpc) is 2.09. The third-order valence-electron chi connectivity index (χ3n) is 1.89. The SMILES string of the molecule is Cc1nncc2cc(Br)c(F)cc12. The molecule has 2 aromatic rings. The zero-order valence-corrected chi connectivity index (χ0v) is 8.47. The zero-order chi connectivity index (χ0) is 9.42. The Morgan fingerprint density at radius 1 is 1.38 bits per heavy atom. The lowest BCUT2D eigenvalue weighted by molar-refractivity contribution is 0.623. The molecule has 0 bridgehead atoms. The molecule has 2 rings (SSSR count). The predicted molar refractivity (Wildman–Crippen MR) is 51.9 cm³/mol. The third-order valence-corrected chi connectivity index (χ3v) is 2.49. The van der Waals surface area contributed by atoms with Gasteiger partial charge in [0.25, 0.3) is 0 Å². The van der Waals surface area contributed by atoms with Gasteiger partial charge in [0.1, 0.15) is 5.82 Å². The molecule has 0 radical (unpaired) electrons. The summed E-state index contributed by atoms with van der Waals surface area (Å²) in [4.78, 5) is 0. The quantitative estimate of drug-likeness (QED) is 0.708. The maximum atomic E-state index is 13.1. The molecule has 0 amide bonds. The lowest BCUT2D eigenvalue weighted by Crippen LogP contribution is -1.89. The second-order valence-electron chi connectivity index (χ2n) is 2.78. The van der Waals surface area contributed by atoms with Gasteiger partial charge in [-0.25, -0.2) is 4.39 Å². The van der Waals surface area contributed by atoms with Gasteiger partial charge in [0.05, 0.1) is 16.4 Å². The van der Waals surface area contributed by atoms with Gasteiger partial charge in [0.2, 0.25) is 0 Å². The molecule has 0 unspecified atom stereocenters. The summed E-state index contributed by atoms with van der Waals surface area (Å²) in [5.41, 5.74) is 0.740. The first-order chi connectivity index (χ1) is 6.18. The van der Waals surface area contributed by atoms with Crippen LogP contribution in [0.1, 0.15) is 5.69 Å². The minimum Gasteiger partial charge on any atom is -0.206 e. The molecule has 0 aliphatic rings. The Balaban J connectivity index is 2.89. The molecule has 0 atom stereocenters. The highest BCUT2D eigenvalue weighted by Gasteiger charge is 2.04. The van der Waals surface area contributed by atoms with Gasteiger partial charge in [-0.15, -0.1) is 0 Å². The van der Waals surface area contributed by atoms with E-state index in [1.54, 1.807) is 12.3 Å². The molecule has 2 nitrogen and oxygen atoms in total. The number of hydrogen-bond acceptors (Lipinski definition) is 2. The van der Waals surface area contributed by atoms with E-state index in [-0.39, 0.29) is 5.82 Å². The number of aryl methyl sites for hydroxylation is 1. The maximum absolute atomic E-state index is 13.1. The average molecular weight is 241 g/mol. The molecular weight excluding hydrogens is 235 g/mol. The van der Waals surface area contributed by atoms with Gasteiger partial charge in [0, 0.05) is 10.8 Å². The second kappa shape index (κ2) is 3.03. The predicted octanol–water partition coefficient (Wildman–Crippen LogP) is 2.84. The summed E-state index contributed by atoms with van der Waals surface area (Å²) in [6.45, 7) is 1.81. The van der Waals surface area contributed by atoms with E-state index >= 15 is 0 Å². The van der Waals surface area contributed by atoms with E-state index in [1.165, 1.54) is 6.07 Å². The summed E-state index contributed by atoms with van der Waals surface area (Å²) in [6.07, 6.45) is 1.62. The van der Waals surface area contributed by atoms with Crippen LogP contribution in [-0.4, -0.2) is 10.2 Å². The highest BCUT2D eigenvalue weighted by atomic mass is 79.9. The van der Waals surface area contributed by atoms with Gasteiger partial charge >= 0.3 is 0 Å². The molecular formula is C9H6BrFN2. The second-order valence-corrected chi connectivity index (χ2v) is 3.64. The summed E-state index contributed by atoms with van der Waals surface area (Å²) in [6, 6.07) is 3.16. The first kappa shape index (κ1) is 8.56. The number of rotatable bonds is 0. The molecule has 0 fully saturated rings. The van der Waals surface area contributed by atoms with E-state index < -0.39 is 0 Å². The van der Waals surface area contributed by atoms with Crippen LogP contribution in [0.2, 0.25) is 0 Å². The van der Waals surface area contributed by atoms with Crippen LogP contribution in [0.5, 0.6) is 0 Å². The van der Waals surface area contributed by atoms with Crippen LogP contribution in [0, 0.1) is 12.7 Å². The molecule has 0 aliphatic heterocycles. The van der Waals surface area contributed by atoms with Crippen molar-refractivity contribution in [2.75, 3.05) is 0 Å². The van der Waals surface area contributed by atoms with Crippen molar-refractivity contribution in [3.05, 3.63) is 34.3 Å². The van der Waals surface area contributed by atoms with E-state index in [0.717, 1.165) is 16.5 Å². The Morgan fingerprint density at radius 3 is 2.92 bits per heavy atom. The number of halogens is 2. The standard InChI is InChI=1S/C9H6BrFN2/c1-5-7-3-9(11)8(10)2-6(7)4-12-13-5/h2-4H,1H3. The Bertz CT molecular complexity index is 470. The van der Waals surface area contributed by atoms with E-state index in [9.17, 15) is 4.39 Å². The van der Waals surface area contributed by atoms with E-state index in [4.69, 9.17) is 0 Å². The van der Waals surface area contributed by atoms with Crippen LogP contribution in [0.15, 0.2) is 22.8 Å². The normalized spacial score (nSPS) is 10.7. The van der Waals surface area contributed by atoms with Crippen molar-refractivity contribution < 1.29 is 4.39 Å². The summed E-state index contributed by atoms with van der Waals surface area (Å²) < 4.78 is 13.6. The van der Waals surface area contributed by atoms with Crippen molar-refractivity contribution in [3.63, 3.8) is 0 Å². The molecule has 13 heavy (non-hydrogen) atoms. The number of aromatic nitrogens is 2. The third kappa shape index (κ3) is 1.42. The highest BCUT2D eigenvalue weighted by Crippen LogP contribution is 2.23. The monoisotopic (exact) mass is 240 g/mol. The van der Waals surface area contributed by atoms with Crippen LogP contribution in [0.3, 0.4) is 0 Å². The highest BCUT2D eigenvalue weighted by molar-refractivity contribution is 9.10. The number of fused-ring (bicyclic) bond motifs is 1. The maximum Gasteiger partial charge on any atom is 0.138 e. The fourth-order valence-electron chi connectivity index (χ4n) is 1.21. The van der Waals surface area contributed by atoms with Crippen molar-refractivity contribution in [2.45, 2.75) is 6.92 Å². The molecule has 1 heterocycles. The lowest BCUT2D eigenvalue weighted by atomic mass is 10.1. The molecule has 1 aromatic heterocycles. The topological polar surface area (TPSA) is 25.8 Å².